The van der Waals surface area contributed by atoms with Crippen molar-refractivity contribution < 1.29 is 9.30 Å². The molecule has 0 fully saturated rings. The number of aromatic nitrogens is 3. The Morgan fingerprint density at radius 2 is 2.58 bits per heavy atom. The van der Waals surface area contributed by atoms with Crippen LogP contribution in [0.4, 0.5) is 0 Å². The van der Waals surface area contributed by atoms with Crippen molar-refractivity contribution in [2.24, 2.45) is 0 Å². The zero-order valence-electron chi connectivity index (χ0n) is 7.31. The number of ether oxygens (including phenoxy) is 1. The van der Waals surface area contributed by atoms with E-state index in [0.29, 0.717) is 6.73 Å². The Balaban J connectivity index is 2.36. The Morgan fingerprint density at radius 1 is 1.75 bits per heavy atom. The predicted molar refractivity (Wildman–Crippen MR) is 45.1 cm³/mol. The van der Waals surface area contributed by atoms with Crippen molar-refractivity contribution >= 4 is 6.20 Å². The lowest BCUT2D eigenvalue weighted by molar-refractivity contribution is -0.733. The van der Waals surface area contributed by atoms with Gasteiger partial charge in [-0.25, -0.2) is 4.57 Å². The third-order valence-electron chi connectivity index (χ3n) is 1.38. The summed E-state index contributed by atoms with van der Waals surface area (Å²) in [6.07, 6.45) is 6.20. The first-order chi connectivity index (χ1) is 5.86. The summed E-state index contributed by atoms with van der Waals surface area (Å²) in [7, 11) is 0. The van der Waals surface area contributed by atoms with E-state index in [1.807, 2.05) is 10.9 Å². The first-order valence-electron chi connectivity index (χ1n) is 4.00. The van der Waals surface area contributed by atoms with Crippen LogP contribution in [0, 0.1) is 0 Å². The van der Waals surface area contributed by atoms with E-state index < -0.39 is 0 Å². The van der Waals surface area contributed by atoms with Crippen LogP contribution in [0.15, 0.2) is 19.2 Å². The fourth-order valence-corrected chi connectivity index (χ4v) is 0.813. The van der Waals surface area contributed by atoms with Gasteiger partial charge in [0.25, 0.3) is 6.33 Å². The summed E-state index contributed by atoms with van der Waals surface area (Å²) in [6.45, 7) is 7.01. The average Bonchev–Trinajstić information content (AvgIpc) is 2.53. The third-order valence-corrected chi connectivity index (χ3v) is 1.38. The predicted octanol–water partition coefficient (Wildman–Crippen LogP) is 0.655. The van der Waals surface area contributed by atoms with Crippen LogP contribution in [0.2, 0.25) is 0 Å². The molecule has 0 atom stereocenters. The molecule has 0 aliphatic rings. The Morgan fingerprint density at radius 3 is 3.17 bits per heavy atom. The summed E-state index contributed by atoms with van der Waals surface area (Å²) in [4.78, 5) is 0. The summed E-state index contributed by atoms with van der Waals surface area (Å²) >= 11 is 0. The van der Waals surface area contributed by atoms with Crippen molar-refractivity contribution in [2.75, 3.05) is 6.61 Å². The SMILES string of the molecule is C=Cn1c[n+](COCCC)cn1. The molecule has 1 heterocycles. The number of hydrogen-bond acceptors (Lipinski definition) is 2. The van der Waals surface area contributed by atoms with Crippen LogP contribution in [0.5, 0.6) is 0 Å². The van der Waals surface area contributed by atoms with Gasteiger partial charge in [-0.1, -0.05) is 18.2 Å². The van der Waals surface area contributed by atoms with Crippen LogP contribution >= 0.6 is 0 Å². The lowest BCUT2D eigenvalue weighted by Gasteiger charge is -1.96. The first-order valence-corrected chi connectivity index (χ1v) is 4.00. The molecule has 0 saturated heterocycles. The van der Waals surface area contributed by atoms with E-state index in [1.165, 1.54) is 0 Å². The molecule has 0 saturated carbocycles. The van der Waals surface area contributed by atoms with Gasteiger partial charge in [0, 0.05) is 5.10 Å². The zero-order valence-corrected chi connectivity index (χ0v) is 7.31. The fourth-order valence-electron chi connectivity index (χ4n) is 0.813. The third kappa shape index (κ3) is 2.47. The van der Waals surface area contributed by atoms with Crippen molar-refractivity contribution in [3.05, 3.63) is 19.2 Å². The summed E-state index contributed by atoms with van der Waals surface area (Å²) in [5.74, 6) is 0. The van der Waals surface area contributed by atoms with Crippen LogP contribution in [-0.2, 0) is 11.5 Å². The largest absolute Gasteiger partial charge is 0.348 e. The van der Waals surface area contributed by atoms with E-state index in [4.69, 9.17) is 4.74 Å². The molecule has 0 amide bonds. The topological polar surface area (TPSA) is 30.9 Å². The van der Waals surface area contributed by atoms with Gasteiger partial charge in [-0.05, 0) is 6.42 Å². The number of nitrogens with zero attached hydrogens (tertiary/aromatic N) is 3. The summed E-state index contributed by atoms with van der Waals surface area (Å²) in [6, 6.07) is 0. The minimum absolute atomic E-state index is 0.557. The van der Waals surface area contributed by atoms with E-state index in [9.17, 15) is 0 Å². The zero-order chi connectivity index (χ0) is 8.81. The highest BCUT2D eigenvalue weighted by Gasteiger charge is 2.00. The molecule has 1 rings (SSSR count). The summed E-state index contributed by atoms with van der Waals surface area (Å²) in [5.41, 5.74) is 0. The van der Waals surface area contributed by atoms with E-state index >= 15 is 0 Å². The van der Waals surface area contributed by atoms with Crippen molar-refractivity contribution in [3.63, 3.8) is 0 Å². The van der Waals surface area contributed by atoms with E-state index in [-0.39, 0.29) is 0 Å². The molecule has 1 aromatic rings. The molecule has 66 valence electrons. The van der Waals surface area contributed by atoms with Crippen LogP contribution < -0.4 is 4.57 Å². The summed E-state index contributed by atoms with van der Waals surface area (Å²) < 4.78 is 8.79. The van der Waals surface area contributed by atoms with E-state index in [0.717, 1.165) is 13.0 Å². The van der Waals surface area contributed by atoms with Crippen LogP contribution in [0.3, 0.4) is 0 Å². The quantitative estimate of drug-likeness (QED) is 0.477. The maximum Gasteiger partial charge on any atom is 0.267 e. The fraction of sp³-hybridized carbons (Fsp3) is 0.500. The van der Waals surface area contributed by atoms with Crippen molar-refractivity contribution in [2.45, 2.75) is 20.1 Å². The minimum Gasteiger partial charge on any atom is -0.348 e. The highest BCUT2D eigenvalue weighted by Crippen LogP contribution is 1.81. The molecule has 0 bridgehead atoms. The van der Waals surface area contributed by atoms with E-state index in [2.05, 4.69) is 18.6 Å². The lowest BCUT2D eigenvalue weighted by atomic mass is 10.5. The Kier molecular flexibility index (Phi) is 3.47. The van der Waals surface area contributed by atoms with E-state index in [1.54, 1.807) is 17.2 Å². The van der Waals surface area contributed by atoms with Crippen LogP contribution in [-0.4, -0.2) is 16.4 Å². The molecule has 4 nitrogen and oxygen atoms in total. The van der Waals surface area contributed by atoms with Gasteiger partial charge in [0.1, 0.15) is 0 Å². The molecule has 0 aliphatic carbocycles. The van der Waals surface area contributed by atoms with Gasteiger partial charge in [0.15, 0.2) is 6.73 Å². The molecule has 0 radical (unpaired) electrons. The monoisotopic (exact) mass is 168 g/mol. The van der Waals surface area contributed by atoms with Gasteiger partial charge in [0.2, 0.25) is 6.33 Å². The molecule has 0 aliphatic heterocycles. The molecule has 1 aromatic heterocycles. The molecule has 12 heavy (non-hydrogen) atoms. The highest BCUT2D eigenvalue weighted by molar-refractivity contribution is 5.09. The second-order valence-electron chi connectivity index (χ2n) is 2.46. The van der Waals surface area contributed by atoms with Crippen LogP contribution in [0.25, 0.3) is 6.20 Å². The Hall–Kier alpha value is -1.16. The minimum atomic E-state index is 0.557. The first kappa shape index (κ1) is 8.93. The van der Waals surface area contributed by atoms with Crippen molar-refractivity contribution in [3.8, 4) is 0 Å². The molecule has 0 spiro atoms. The molecule has 4 heteroatoms. The highest BCUT2D eigenvalue weighted by atomic mass is 16.5. The van der Waals surface area contributed by atoms with Gasteiger partial charge in [0.05, 0.1) is 12.8 Å². The molecule has 0 unspecified atom stereocenters. The molecule has 0 aromatic carbocycles. The summed E-state index contributed by atoms with van der Waals surface area (Å²) in [5, 5.41) is 3.99. The second kappa shape index (κ2) is 4.66. The van der Waals surface area contributed by atoms with Gasteiger partial charge < -0.3 is 4.74 Å². The maximum absolute atomic E-state index is 5.30. The molecular weight excluding hydrogens is 154 g/mol. The lowest BCUT2D eigenvalue weighted by Crippen LogP contribution is -2.32. The molecule has 0 N–H and O–H groups in total. The molecular formula is C8H14N3O+. The van der Waals surface area contributed by atoms with Gasteiger partial charge >= 0.3 is 0 Å². The van der Waals surface area contributed by atoms with Crippen molar-refractivity contribution in [1.82, 2.24) is 9.78 Å². The average molecular weight is 168 g/mol. The Labute approximate surface area is 72.1 Å². The smallest absolute Gasteiger partial charge is 0.267 e. The second-order valence-corrected chi connectivity index (χ2v) is 2.46. The van der Waals surface area contributed by atoms with Gasteiger partial charge in [-0.2, -0.15) is 0 Å². The number of hydrogen-bond donors (Lipinski definition) is 0. The Bertz CT molecular complexity index is 244. The normalized spacial score (nSPS) is 10.1. The van der Waals surface area contributed by atoms with Gasteiger partial charge in [-0.3, -0.25) is 0 Å². The van der Waals surface area contributed by atoms with Crippen molar-refractivity contribution in [1.29, 1.82) is 0 Å². The standard InChI is InChI=1S/C8H14N3O/c1-3-5-12-8-10-6-9-11(4-2)7-10/h4,6-7H,2-3,5,8H2,1H3/q+1. The number of rotatable bonds is 5. The maximum atomic E-state index is 5.30. The van der Waals surface area contributed by atoms with Gasteiger partial charge in [-0.15, -0.1) is 0 Å². The van der Waals surface area contributed by atoms with Crippen LogP contribution in [0.1, 0.15) is 13.3 Å².